The lowest BCUT2D eigenvalue weighted by atomic mass is 9.65. The van der Waals surface area contributed by atoms with E-state index in [1.807, 2.05) is 78.9 Å². The van der Waals surface area contributed by atoms with Crippen LogP contribution in [0.2, 0.25) is 0 Å². The molecule has 0 unspecified atom stereocenters. The van der Waals surface area contributed by atoms with Crippen molar-refractivity contribution in [2.45, 2.75) is 63.2 Å². The second-order valence-corrected chi connectivity index (χ2v) is 14.5. The van der Waals surface area contributed by atoms with Crippen molar-refractivity contribution in [2.24, 2.45) is 0 Å². The fraction of sp³-hybridized carbons (Fsp3) is 0.208. The molecule has 0 bridgehead atoms. The van der Waals surface area contributed by atoms with Gasteiger partial charge in [-0.25, -0.2) is 29.9 Å². The summed E-state index contributed by atoms with van der Waals surface area (Å²) >= 11 is 0. The molecule has 2 aliphatic rings. The first-order valence-corrected chi connectivity index (χ1v) is 19.3. The molecule has 7 aromatic rings. The minimum absolute atomic E-state index is 0.0782. The van der Waals surface area contributed by atoms with E-state index < -0.39 is 0 Å². The van der Waals surface area contributed by atoms with Crippen molar-refractivity contribution in [3.05, 3.63) is 163 Å². The topological polar surface area (TPSA) is 77.3 Å². The molecule has 0 radical (unpaired) electrons. The Kier molecular flexibility index (Phi) is 9.40. The van der Waals surface area contributed by atoms with E-state index in [4.69, 9.17) is 29.9 Å². The normalized spacial score (nSPS) is 15.4. The standard InChI is InChI=1S/C48H42N6/c1-6-16-34(17-7-1)42-49-43(35-18-8-2-9-19-35)52-46(51-42)38-24-28-40(29-25-38)48(32-14-5-15-33-48)41-30-26-39(27-31-41)47-53-44(36-20-10-3-11-21-36)50-45(54-47)37-22-12-4-13-23-37/h1-3,6-11,16-22,24-31H,4-5,12-15,23,32-33H2. The van der Waals surface area contributed by atoms with Gasteiger partial charge in [-0.3, -0.25) is 0 Å². The van der Waals surface area contributed by atoms with E-state index in [0.717, 1.165) is 71.0 Å². The molecule has 2 aliphatic carbocycles. The number of hydrogen-bond donors (Lipinski definition) is 0. The predicted octanol–water partition coefficient (Wildman–Crippen LogP) is 11.6. The Balaban J connectivity index is 1.06. The minimum atomic E-state index is -0.0782. The summed E-state index contributed by atoms with van der Waals surface area (Å²) in [5.74, 6) is 4.26. The van der Waals surface area contributed by atoms with Crippen LogP contribution in [0.1, 0.15) is 74.7 Å². The molecule has 6 nitrogen and oxygen atoms in total. The van der Waals surface area contributed by atoms with Crippen LogP contribution < -0.4 is 0 Å². The third-order valence-corrected chi connectivity index (χ3v) is 11.0. The van der Waals surface area contributed by atoms with Crippen LogP contribution in [-0.4, -0.2) is 29.9 Å². The van der Waals surface area contributed by atoms with Gasteiger partial charge in [0, 0.05) is 33.2 Å². The van der Waals surface area contributed by atoms with E-state index in [9.17, 15) is 0 Å². The minimum Gasteiger partial charge on any atom is -0.209 e. The van der Waals surface area contributed by atoms with Crippen LogP contribution in [0.5, 0.6) is 0 Å². The number of allylic oxidation sites excluding steroid dienone is 2. The van der Waals surface area contributed by atoms with Crippen LogP contribution in [-0.2, 0) is 5.41 Å². The van der Waals surface area contributed by atoms with E-state index in [0.29, 0.717) is 17.5 Å². The van der Waals surface area contributed by atoms with Crippen molar-refractivity contribution in [1.82, 2.24) is 29.9 Å². The summed E-state index contributed by atoms with van der Waals surface area (Å²) in [5, 5.41) is 0. The van der Waals surface area contributed by atoms with Gasteiger partial charge in [0.25, 0.3) is 0 Å². The monoisotopic (exact) mass is 702 g/mol. The van der Waals surface area contributed by atoms with Crippen molar-refractivity contribution < 1.29 is 0 Å². The first-order chi connectivity index (χ1) is 26.7. The van der Waals surface area contributed by atoms with E-state index in [2.05, 4.69) is 66.7 Å². The molecule has 2 aromatic heterocycles. The molecule has 0 saturated heterocycles. The number of benzene rings is 5. The Labute approximate surface area is 317 Å². The summed E-state index contributed by atoms with van der Waals surface area (Å²) in [7, 11) is 0. The SMILES string of the molecule is C1=C(c2nc(-c3ccccc3)nc(-c3ccc(C4(c5ccc(-c6nc(-c7ccccc7)nc(-c7ccccc7)n6)cc5)CCCCC4)cc3)n2)CCCC1. The molecule has 0 atom stereocenters. The van der Waals surface area contributed by atoms with Gasteiger partial charge in [0.2, 0.25) is 0 Å². The van der Waals surface area contributed by atoms with Gasteiger partial charge in [-0.15, -0.1) is 0 Å². The van der Waals surface area contributed by atoms with Gasteiger partial charge in [-0.05, 0) is 55.2 Å². The maximum absolute atomic E-state index is 5.05. The van der Waals surface area contributed by atoms with Crippen LogP contribution in [0, 0.1) is 0 Å². The first-order valence-electron chi connectivity index (χ1n) is 19.3. The summed E-state index contributed by atoms with van der Waals surface area (Å²) in [5.41, 5.74) is 8.75. The van der Waals surface area contributed by atoms with Gasteiger partial charge in [0.05, 0.1) is 0 Å². The maximum Gasteiger partial charge on any atom is 0.164 e. The summed E-state index contributed by atoms with van der Waals surface area (Å²) in [4.78, 5) is 29.9. The molecule has 9 rings (SSSR count). The predicted molar refractivity (Wildman–Crippen MR) is 217 cm³/mol. The molecule has 0 amide bonds. The van der Waals surface area contributed by atoms with E-state index >= 15 is 0 Å². The molecule has 2 heterocycles. The maximum atomic E-state index is 5.05. The highest BCUT2D eigenvalue weighted by atomic mass is 15.0. The van der Waals surface area contributed by atoms with Gasteiger partial charge < -0.3 is 0 Å². The molecule has 1 saturated carbocycles. The second kappa shape index (κ2) is 15.1. The zero-order valence-corrected chi connectivity index (χ0v) is 30.4. The lowest BCUT2D eigenvalue weighted by Gasteiger charge is -2.39. The molecular formula is C48H42N6. The highest BCUT2D eigenvalue weighted by Crippen LogP contribution is 2.45. The van der Waals surface area contributed by atoms with Crippen LogP contribution in [0.15, 0.2) is 146 Å². The average molecular weight is 703 g/mol. The third-order valence-electron chi connectivity index (χ3n) is 11.0. The van der Waals surface area contributed by atoms with Gasteiger partial charge in [-0.1, -0.05) is 165 Å². The fourth-order valence-electron chi connectivity index (χ4n) is 8.12. The molecule has 264 valence electrons. The fourth-order valence-corrected chi connectivity index (χ4v) is 8.12. The average Bonchev–Trinajstić information content (AvgIpc) is 3.27. The molecule has 0 aliphatic heterocycles. The quantitative estimate of drug-likeness (QED) is 0.157. The number of aromatic nitrogens is 6. The lowest BCUT2D eigenvalue weighted by molar-refractivity contribution is 0.346. The van der Waals surface area contributed by atoms with Crippen LogP contribution in [0.3, 0.4) is 0 Å². The zero-order valence-electron chi connectivity index (χ0n) is 30.4. The smallest absolute Gasteiger partial charge is 0.164 e. The first kappa shape index (κ1) is 33.7. The van der Waals surface area contributed by atoms with Gasteiger partial charge in [0.15, 0.2) is 34.9 Å². The van der Waals surface area contributed by atoms with Crippen molar-refractivity contribution in [3.63, 3.8) is 0 Å². The Morgan fingerprint density at radius 2 is 0.704 bits per heavy atom. The highest BCUT2D eigenvalue weighted by Gasteiger charge is 2.36. The molecule has 0 N–H and O–H groups in total. The Morgan fingerprint density at radius 1 is 0.333 bits per heavy atom. The highest BCUT2D eigenvalue weighted by molar-refractivity contribution is 5.69. The summed E-state index contributed by atoms with van der Waals surface area (Å²) < 4.78 is 0. The largest absolute Gasteiger partial charge is 0.209 e. The molecule has 54 heavy (non-hydrogen) atoms. The Bertz CT molecular complexity index is 2330. The van der Waals surface area contributed by atoms with Crippen molar-refractivity contribution in [3.8, 4) is 56.9 Å². The van der Waals surface area contributed by atoms with Crippen LogP contribution in [0.4, 0.5) is 0 Å². The summed E-state index contributed by atoms with van der Waals surface area (Å²) in [6.45, 7) is 0. The van der Waals surface area contributed by atoms with Gasteiger partial charge >= 0.3 is 0 Å². The summed E-state index contributed by atoms with van der Waals surface area (Å²) in [6, 6.07) is 48.6. The van der Waals surface area contributed by atoms with Gasteiger partial charge in [0.1, 0.15) is 0 Å². The molecule has 6 heteroatoms. The van der Waals surface area contributed by atoms with Crippen molar-refractivity contribution >= 4 is 5.57 Å². The zero-order chi connectivity index (χ0) is 36.2. The Hall–Kier alpha value is -6.14. The molecule has 1 fully saturated rings. The Morgan fingerprint density at radius 3 is 1.07 bits per heavy atom. The molecular weight excluding hydrogens is 661 g/mol. The van der Waals surface area contributed by atoms with Crippen molar-refractivity contribution in [1.29, 1.82) is 0 Å². The number of nitrogens with zero attached hydrogens (tertiary/aromatic N) is 6. The number of hydrogen-bond acceptors (Lipinski definition) is 6. The van der Waals surface area contributed by atoms with Crippen LogP contribution in [0.25, 0.3) is 62.5 Å². The number of rotatable bonds is 8. The molecule has 0 spiro atoms. The van der Waals surface area contributed by atoms with E-state index in [1.165, 1.54) is 48.8 Å². The summed E-state index contributed by atoms with van der Waals surface area (Å²) in [6.07, 6.45) is 12.7. The molecule has 5 aromatic carbocycles. The van der Waals surface area contributed by atoms with Gasteiger partial charge in [-0.2, -0.15) is 0 Å². The second-order valence-electron chi connectivity index (χ2n) is 14.5. The lowest BCUT2D eigenvalue weighted by Crippen LogP contribution is -2.30. The van der Waals surface area contributed by atoms with Crippen molar-refractivity contribution in [2.75, 3.05) is 0 Å². The third kappa shape index (κ3) is 6.88. The van der Waals surface area contributed by atoms with E-state index in [1.54, 1.807) is 0 Å². The van der Waals surface area contributed by atoms with Crippen LogP contribution >= 0.6 is 0 Å². The van der Waals surface area contributed by atoms with E-state index in [-0.39, 0.29) is 5.41 Å².